The van der Waals surface area contributed by atoms with Crippen molar-refractivity contribution in [3.63, 3.8) is 0 Å². The number of hydrogen-bond donors (Lipinski definition) is 0. The molecular formula is C22H29F3N2O3S. The second kappa shape index (κ2) is 10.4. The molecule has 2 aromatic rings. The summed E-state index contributed by atoms with van der Waals surface area (Å²) in [6.45, 7) is 4.95. The molecule has 0 bridgehead atoms. The molecule has 5 nitrogen and oxygen atoms in total. The lowest BCUT2D eigenvalue weighted by molar-refractivity contribution is -0.137. The standard InChI is InChI=1S/C22H29F3N2O3S/c1-17(2)27(31(28,29)21-13-7-18(8-14-21)22(23,24)25)19-9-11-20(12-10-19)30-16-6-5-15-26(3)4/h7-14,17H,5-6,15-16H2,1-4H3. The number of rotatable bonds is 10. The van der Waals surface area contributed by atoms with E-state index in [1.165, 1.54) is 4.31 Å². The Morgan fingerprint density at radius 3 is 2.00 bits per heavy atom. The first-order chi connectivity index (χ1) is 14.4. The fourth-order valence-electron chi connectivity index (χ4n) is 3.05. The minimum absolute atomic E-state index is 0.199. The summed E-state index contributed by atoms with van der Waals surface area (Å²) in [6, 6.07) is 9.74. The van der Waals surface area contributed by atoms with Crippen molar-refractivity contribution in [1.82, 2.24) is 4.90 Å². The number of sulfonamides is 1. The molecule has 172 valence electrons. The number of nitrogens with zero attached hydrogens (tertiary/aromatic N) is 2. The van der Waals surface area contributed by atoms with Gasteiger partial charge in [0.15, 0.2) is 0 Å². The van der Waals surface area contributed by atoms with Crippen LogP contribution in [-0.4, -0.2) is 46.6 Å². The quantitative estimate of drug-likeness (QED) is 0.469. The van der Waals surface area contributed by atoms with Gasteiger partial charge in [0, 0.05) is 6.04 Å². The highest BCUT2D eigenvalue weighted by Gasteiger charge is 2.32. The van der Waals surface area contributed by atoms with Crippen molar-refractivity contribution in [1.29, 1.82) is 0 Å². The molecule has 0 heterocycles. The Balaban J connectivity index is 2.15. The zero-order valence-corrected chi connectivity index (χ0v) is 19.0. The van der Waals surface area contributed by atoms with Crippen molar-refractivity contribution in [2.24, 2.45) is 0 Å². The Hall–Kier alpha value is -2.26. The van der Waals surface area contributed by atoms with E-state index in [-0.39, 0.29) is 4.90 Å². The van der Waals surface area contributed by atoms with E-state index in [1.807, 2.05) is 14.1 Å². The van der Waals surface area contributed by atoms with Crippen molar-refractivity contribution in [3.05, 3.63) is 54.1 Å². The van der Waals surface area contributed by atoms with E-state index in [4.69, 9.17) is 4.74 Å². The Morgan fingerprint density at radius 2 is 1.52 bits per heavy atom. The van der Waals surface area contributed by atoms with Gasteiger partial charge in [0.25, 0.3) is 10.0 Å². The first-order valence-corrected chi connectivity index (χ1v) is 11.5. The van der Waals surface area contributed by atoms with Crippen LogP contribution in [0.15, 0.2) is 53.4 Å². The van der Waals surface area contributed by atoms with E-state index < -0.39 is 27.8 Å². The predicted molar refractivity (Wildman–Crippen MR) is 116 cm³/mol. The largest absolute Gasteiger partial charge is 0.494 e. The van der Waals surface area contributed by atoms with Gasteiger partial charge < -0.3 is 9.64 Å². The van der Waals surface area contributed by atoms with Crippen LogP contribution in [0, 0.1) is 0 Å². The first kappa shape index (κ1) is 25.0. The van der Waals surface area contributed by atoms with Gasteiger partial charge in [-0.05, 0) is 95.9 Å². The Labute approximate surface area is 182 Å². The fraction of sp³-hybridized carbons (Fsp3) is 0.455. The molecular weight excluding hydrogens is 429 g/mol. The third-order valence-corrected chi connectivity index (χ3v) is 6.59. The minimum Gasteiger partial charge on any atom is -0.494 e. The van der Waals surface area contributed by atoms with E-state index in [0.29, 0.717) is 18.0 Å². The van der Waals surface area contributed by atoms with Crippen LogP contribution >= 0.6 is 0 Å². The highest BCUT2D eigenvalue weighted by molar-refractivity contribution is 7.92. The van der Waals surface area contributed by atoms with Crippen LogP contribution < -0.4 is 9.04 Å². The molecule has 0 saturated heterocycles. The van der Waals surface area contributed by atoms with Crippen molar-refractivity contribution >= 4 is 15.7 Å². The normalized spacial score (nSPS) is 12.4. The monoisotopic (exact) mass is 458 g/mol. The molecule has 0 aliphatic heterocycles. The number of halogens is 3. The number of ether oxygens (including phenoxy) is 1. The van der Waals surface area contributed by atoms with Gasteiger partial charge in [0.05, 0.1) is 22.8 Å². The summed E-state index contributed by atoms with van der Waals surface area (Å²) in [7, 11) is -0.0150. The summed E-state index contributed by atoms with van der Waals surface area (Å²) in [5.74, 6) is 0.629. The average Bonchev–Trinajstić information content (AvgIpc) is 2.68. The lowest BCUT2D eigenvalue weighted by Gasteiger charge is -2.28. The van der Waals surface area contributed by atoms with Crippen LogP contribution in [0.4, 0.5) is 18.9 Å². The number of benzene rings is 2. The van der Waals surface area contributed by atoms with Crippen LogP contribution in [0.1, 0.15) is 32.3 Å². The molecule has 2 rings (SSSR count). The maximum Gasteiger partial charge on any atom is 0.416 e. The molecule has 0 fully saturated rings. The molecule has 0 spiro atoms. The highest BCUT2D eigenvalue weighted by atomic mass is 32.2. The zero-order chi connectivity index (χ0) is 23.2. The Morgan fingerprint density at radius 1 is 0.935 bits per heavy atom. The molecule has 0 aliphatic rings. The Kier molecular flexibility index (Phi) is 8.36. The van der Waals surface area contributed by atoms with Crippen LogP contribution in [0.25, 0.3) is 0 Å². The number of hydrogen-bond acceptors (Lipinski definition) is 4. The van der Waals surface area contributed by atoms with Gasteiger partial charge in [-0.1, -0.05) is 0 Å². The van der Waals surface area contributed by atoms with Crippen LogP contribution in [-0.2, 0) is 16.2 Å². The maximum absolute atomic E-state index is 13.1. The maximum atomic E-state index is 13.1. The smallest absolute Gasteiger partial charge is 0.416 e. The fourth-order valence-corrected chi connectivity index (χ4v) is 4.71. The Bertz CT molecular complexity index is 926. The van der Waals surface area contributed by atoms with Gasteiger partial charge in [0.1, 0.15) is 5.75 Å². The molecule has 0 aliphatic carbocycles. The van der Waals surface area contributed by atoms with Crippen LogP contribution in [0.5, 0.6) is 5.75 Å². The third-order valence-electron chi connectivity index (χ3n) is 4.57. The first-order valence-electron chi connectivity index (χ1n) is 10.0. The summed E-state index contributed by atoms with van der Waals surface area (Å²) in [6.07, 6.45) is -2.61. The van der Waals surface area contributed by atoms with Crippen LogP contribution in [0.2, 0.25) is 0 Å². The SMILES string of the molecule is CC(C)N(c1ccc(OCCCCN(C)C)cc1)S(=O)(=O)c1ccc(C(F)(F)F)cc1. The number of anilines is 1. The molecule has 0 radical (unpaired) electrons. The van der Waals surface area contributed by atoms with Crippen molar-refractivity contribution in [2.75, 3.05) is 31.6 Å². The van der Waals surface area contributed by atoms with E-state index >= 15 is 0 Å². The van der Waals surface area contributed by atoms with E-state index in [1.54, 1.807) is 38.1 Å². The highest BCUT2D eigenvalue weighted by Crippen LogP contribution is 2.32. The summed E-state index contributed by atoms with van der Waals surface area (Å²) in [5.41, 5.74) is -0.482. The average molecular weight is 459 g/mol. The van der Waals surface area contributed by atoms with Gasteiger partial charge in [-0.15, -0.1) is 0 Å². The molecule has 0 aromatic heterocycles. The number of unbranched alkanes of at least 4 members (excludes halogenated alkanes) is 1. The molecule has 2 aromatic carbocycles. The van der Waals surface area contributed by atoms with E-state index in [9.17, 15) is 21.6 Å². The third kappa shape index (κ3) is 6.87. The lowest BCUT2D eigenvalue weighted by atomic mass is 10.2. The van der Waals surface area contributed by atoms with Gasteiger partial charge in [-0.2, -0.15) is 13.2 Å². The lowest BCUT2D eigenvalue weighted by Crippen LogP contribution is -2.37. The van der Waals surface area contributed by atoms with E-state index in [0.717, 1.165) is 43.7 Å². The second-order valence-corrected chi connectivity index (χ2v) is 9.58. The molecule has 0 saturated carbocycles. The van der Waals surface area contributed by atoms with Gasteiger partial charge >= 0.3 is 6.18 Å². The van der Waals surface area contributed by atoms with Gasteiger partial charge in [0.2, 0.25) is 0 Å². The van der Waals surface area contributed by atoms with Crippen molar-refractivity contribution in [3.8, 4) is 5.75 Å². The molecule has 0 amide bonds. The topological polar surface area (TPSA) is 49.9 Å². The van der Waals surface area contributed by atoms with E-state index in [2.05, 4.69) is 4.90 Å². The summed E-state index contributed by atoms with van der Waals surface area (Å²) >= 11 is 0. The predicted octanol–water partition coefficient (Wildman–Crippen LogP) is 5.03. The molecule has 9 heteroatoms. The van der Waals surface area contributed by atoms with Crippen molar-refractivity contribution in [2.45, 2.75) is 43.8 Å². The van der Waals surface area contributed by atoms with Crippen LogP contribution in [0.3, 0.4) is 0 Å². The molecule has 0 unspecified atom stereocenters. The second-order valence-electron chi connectivity index (χ2n) is 7.77. The molecule has 0 atom stereocenters. The minimum atomic E-state index is -4.53. The van der Waals surface area contributed by atoms with Crippen molar-refractivity contribution < 1.29 is 26.3 Å². The molecule has 31 heavy (non-hydrogen) atoms. The summed E-state index contributed by atoms with van der Waals surface area (Å²) < 4.78 is 71.5. The number of alkyl halides is 3. The molecule has 0 N–H and O–H groups in total. The summed E-state index contributed by atoms with van der Waals surface area (Å²) in [5, 5.41) is 0. The van der Waals surface area contributed by atoms with Gasteiger partial charge in [-0.3, -0.25) is 4.31 Å². The zero-order valence-electron chi connectivity index (χ0n) is 18.2. The van der Waals surface area contributed by atoms with Gasteiger partial charge in [-0.25, -0.2) is 8.42 Å². The summed E-state index contributed by atoms with van der Waals surface area (Å²) in [4.78, 5) is 1.90.